The van der Waals surface area contributed by atoms with Crippen molar-refractivity contribution in [3.63, 3.8) is 0 Å². The van der Waals surface area contributed by atoms with Gasteiger partial charge in [-0.1, -0.05) is 0 Å². The van der Waals surface area contributed by atoms with Crippen molar-refractivity contribution < 1.29 is 9.13 Å². The first-order valence-electron chi connectivity index (χ1n) is 10.8. The van der Waals surface area contributed by atoms with E-state index in [1.54, 1.807) is 25.5 Å². The van der Waals surface area contributed by atoms with Gasteiger partial charge in [-0.2, -0.15) is 0 Å². The lowest BCUT2D eigenvalue weighted by molar-refractivity contribution is 0.305. The summed E-state index contributed by atoms with van der Waals surface area (Å²) in [6.45, 7) is 0.415. The molecule has 0 saturated heterocycles. The second-order valence-corrected chi connectivity index (χ2v) is 8.16. The van der Waals surface area contributed by atoms with Gasteiger partial charge in [0.15, 0.2) is 11.6 Å². The number of aromatic nitrogens is 1. The van der Waals surface area contributed by atoms with E-state index < -0.39 is 0 Å². The zero-order chi connectivity index (χ0) is 22.7. The third-order valence-electron chi connectivity index (χ3n) is 6.00. The van der Waals surface area contributed by atoms with Gasteiger partial charge in [-0.25, -0.2) is 9.37 Å². The first-order valence-corrected chi connectivity index (χ1v) is 10.8. The van der Waals surface area contributed by atoms with Crippen molar-refractivity contribution in [2.45, 2.75) is 38.3 Å². The van der Waals surface area contributed by atoms with Gasteiger partial charge in [-0.3, -0.25) is 4.99 Å². The number of hydrogen-bond acceptors (Lipinski definition) is 7. The Kier molecular flexibility index (Phi) is 6.41. The summed E-state index contributed by atoms with van der Waals surface area (Å²) >= 11 is 0. The SMILES string of the molecule is CN=CC1=C(N)c2ccc(F)cc2COc2cc(cnc2N)/C(NC2CCC2)=C(/CN)C1. The van der Waals surface area contributed by atoms with Crippen molar-refractivity contribution in [2.24, 2.45) is 16.5 Å². The molecule has 2 aliphatic rings. The number of ether oxygens (including phenoxy) is 1. The highest BCUT2D eigenvalue weighted by atomic mass is 19.1. The fourth-order valence-electron chi connectivity index (χ4n) is 3.99. The van der Waals surface area contributed by atoms with Crippen LogP contribution in [0.2, 0.25) is 0 Å². The minimum absolute atomic E-state index is 0.0958. The Morgan fingerprint density at radius 3 is 2.78 bits per heavy atom. The highest BCUT2D eigenvalue weighted by molar-refractivity contribution is 5.91. The second kappa shape index (κ2) is 9.40. The van der Waals surface area contributed by atoms with Crippen LogP contribution in [0.15, 0.2) is 46.6 Å². The summed E-state index contributed by atoms with van der Waals surface area (Å²) < 4.78 is 20.0. The van der Waals surface area contributed by atoms with Crippen LogP contribution in [0.1, 0.15) is 42.4 Å². The van der Waals surface area contributed by atoms with Gasteiger partial charge in [0, 0.05) is 66.6 Å². The molecule has 2 aromatic rings. The van der Waals surface area contributed by atoms with Crippen LogP contribution >= 0.6 is 0 Å². The van der Waals surface area contributed by atoms with E-state index in [4.69, 9.17) is 21.9 Å². The van der Waals surface area contributed by atoms with Crippen LogP contribution in [0, 0.1) is 5.82 Å². The average Bonchev–Trinajstić information content (AvgIpc) is 2.75. The van der Waals surface area contributed by atoms with Crippen molar-refractivity contribution in [1.82, 2.24) is 10.3 Å². The van der Waals surface area contributed by atoms with E-state index in [0.29, 0.717) is 41.6 Å². The van der Waals surface area contributed by atoms with Gasteiger partial charge >= 0.3 is 0 Å². The number of rotatable bonds is 4. The average molecular weight is 437 g/mol. The molecule has 32 heavy (non-hydrogen) atoms. The number of pyridine rings is 1. The number of nitrogens with two attached hydrogens (primary N) is 3. The van der Waals surface area contributed by atoms with Crippen LogP contribution in [-0.4, -0.2) is 30.8 Å². The molecule has 4 rings (SSSR count). The fourth-order valence-corrected chi connectivity index (χ4v) is 3.99. The fraction of sp³-hybridized carbons (Fsp3) is 0.333. The number of allylic oxidation sites excluding steroid dienone is 1. The molecule has 7 nitrogen and oxygen atoms in total. The number of nitrogens with zero attached hydrogens (tertiary/aromatic N) is 2. The van der Waals surface area contributed by atoms with E-state index in [1.165, 1.54) is 18.6 Å². The largest absolute Gasteiger partial charge is 0.485 e. The van der Waals surface area contributed by atoms with Crippen LogP contribution < -0.4 is 27.3 Å². The van der Waals surface area contributed by atoms with Gasteiger partial charge in [-0.05, 0) is 54.7 Å². The van der Waals surface area contributed by atoms with Crippen LogP contribution in [0.4, 0.5) is 10.2 Å². The number of nitrogens with one attached hydrogen (secondary N) is 1. The highest BCUT2D eigenvalue weighted by Crippen LogP contribution is 2.32. The number of halogens is 1. The van der Waals surface area contributed by atoms with Gasteiger partial charge in [0.1, 0.15) is 12.4 Å². The lowest BCUT2D eigenvalue weighted by atomic mass is 9.90. The minimum Gasteiger partial charge on any atom is -0.485 e. The second-order valence-electron chi connectivity index (χ2n) is 8.16. The first-order chi connectivity index (χ1) is 15.5. The van der Waals surface area contributed by atoms with Gasteiger partial charge in [0.2, 0.25) is 0 Å². The van der Waals surface area contributed by atoms with Gasteiger partial charge < -0.3 is 27.3 Å². The van der Waals surface area contributed by atoms with E-state index in [9.17, 15) is 4.39 Å². The molecule has 1 saturated carbocycles. The van der Waals surface area contributed by atoms with E-state index in [2.05, 4.69) is 15.3 Å². The highest BCUT2D eigenvalue weighted by Gasteiger charge is 2.23. The van der Waals surface area contributed by atoms with Crippen LogP contribution in [0.5, 0.6) is 5.75 Å². The maximum Gasteiger partial charge on any atom is 0.166 e. The lowest BCUT2D eigenvalue weighted by Gasteiger charge is -2.31. The van der Waals surface area contributed by atoms with Crippen molar-refractivity contribution in [3.05, 3.63) is 64.1 Å². The summed E-state index contributed by atoms with van der Waals surface area (Å²) in [6.07, 6.45) is 7.36. The summed E-state index contributed by atoms with van der Waals surface area (Å²) in [5.74, 6) is 0.330. The molecule has 1 aliphatic carbocycles. The standard InChI is InChI=1S/C24H29FN6O/c1-29-11-15-7-14(10-26)23(31-19-3-2-4-19)16-9-21(24(28)30-12-16)32-13-17-8-18(25)5-6-20(17)22(15)27/h5-6,8-9,11-12,19,31H,2-4,7,10,13,26-27H2,1H3,(H2,28,30)/b22-15?,23-14-,29-11?. The number of aliphatic imine (C=N–C) groups is 1. The molecule has 168 valence electrons. The van der Waals surface area contributed by atoms with Crippen molar-refractivity contribution in [1.29, 1.82) is 0 Å². The molecular weight excluding hydrogens is 407 g/mol. The monoisotopic (exact) mass is 436 g/mol. The first kappa shape index (κ1) is 21.8. The molecule has 0 atom stereocenters. The normalized spacial score (nSPS) is 19.6. The molecule has 0 radical (unpaired) electrons. The molecule has 2 heterocycles. The van der Waals surface area contributed by atoms with Gasteiger partial charge in [0.05, 0.1) is 0 Å². The molecule has 1 aromatic heterocycles. The zero-order valence-corrected chi connectivity index (χ0v) is 18.2. The van der Waals surface area contributed by atoms with Crippen LogP contribution in [0.25, 0.3) is 11.4 Å². The maximum atomic E-state index is 14.0. The predicted molar refractivity (Wildman–Crippen MR) is 126 cm³/mol. The van der Waals surface area contributed by atoms with Crippen molar-refractivity contribution in [3.8, 4) is 5.75 Å². The summed E-state index contributed by atoms with van der Waals surface area (Å²) in [5, 5.41) is 3.65. The van der Waals surface area contributed by atoms with Crippen molar-refractivity contribution >= 4 is 23.4 Å². The number of anilines is 1. The zero-order valence-electron chi connectivity index (χ0n) is 18.2. The smallest absolute Gasteiger partial charge is 0.166 e. The predicted octanol–water partition coefficient (Wildman–Crippen LogP) is 2.97. The van der Waals surface area contributed by atoms with E-state index >= 15 is 0 Å². The maximum absolute atomic E-state index is 14.0. The summed E-state index contributed by atoms with van der Waals surface area (Å²) in [5.41, 5.74) is 24.3. The van der Waals surface area contributed by atoms with E-state index in [1.807, 2.05) is 6.07 Å². The molecule has 8 heteroatoms. The topological polar surface area (TPSA) is 125 Å². The molecule has 2 bridgehead atoms. The number of fused-ring (bicyclic) bond motifs is 3. The van der Waals surface area contributed by atoms with Crippen LogP contribution in [-0.2, 0) is 6.61 Å². The summed E-state index contributed by atoms with van der Waals surface area (Å²) in [6, 6.07) is 6.72. The molecule has 0 unspecified atom stereocenters. The Labute approximate surface area is 187 Å². The Bertz CT molecular complexity index is 1100. The molecule has 1 aromatic carbocycles. The molecule has 1 fully saturated rings. The Morgan fingerprint density at radius 2 is 2.09 bits per heavy atom. The number of nitrogen functional groups attached to an aromatic ring is 1. The number of hydrogen-bond donors (Lipinski definition) is 4. The molecule has 0 spiro atoms. The van der Waals surface area contributed by atoms with E-state index in [0.717, 1.165) is 35.2 Å². The van der Waals surface area contributed by atoms with Crippen molar-refractivity contribution in [2.75, 3.05) is 19.3 Å². The third kappa shape index (κ3) is 4.45. The molecule has 7 N–H and O–H groups in total. The van der Waals surface area contributed by atoms with Crippen LogP contribution in [0.3, 0.4) is 0 Å². The molecule has 1 aliphatic heterocycles. The Hall–Kier alpha value is -3.39. The third-order valence-corrected chi connectivity index (χ3v) is 6.00. The molecule has 0 amide bonds. The quantitative estimate of drug-likeness (QED) is 0.546. The summed E-state index contributed by atoms with van der Waals surface area (Å²) in [4.78, 5) is 8.55. The Morgan fingerprint density at radius 1 is 1.28 bits per heavy atom. The van der Waals surface area contributed by atoms with Gasteiger partial charge in [0.25, 0.3) is 0 Å². The Balaban J connectivity index is 1.93. The van der Waals surface area contributed by atoms with E-state index in [-0.39, 0.29) is 18.2 Å². The summed E-state index contributed by atoms with van der Waals surface area (Å²) in [7, 11) is 1.70. The van der Waals surface area contributed by atoms with Gasteiger partial charge in [-0.15, -0.1) is 0 Å². The molecular formula is C24H29FN6O. The number of benzene rings is 1. The lowest BCUT2D eigenvalue weighted by Crippen LogP contribution is -2.35. The minimum atomic E-state index is -0.368.